The van der Waals surface area contributed by atoms with E-state index in [4.69, 9.17) is 17.3 Å². The molecule has 0 spiro atoms. The second kappa shape index (κ2) is 5.87. The highest BCUT2D eigenvalue weighted by molar-refractivity contribution is 9.10. The minimum absolute atomic E-state index is 0.203. The van der Waals surface area contributed by atoms with Crippen LogP contribution >= 0.6 is 27.5 Å². The zero-order chi connectivity index (χ0) is 13.1. The highest BCUT2D eigenvalue weighted by Gasteiger charge is 2.17. The summed E-state index contributed by atoms with van der Waals surface area (Å²) in [6, 6.07) is 7.40. The van der Waals surface area contributed by atoms with Crippen LogP contribution in [-0.4, -0.2) is 9.78 Å². The van der Waals surface area contributed by atoms with E-state index in [0.717, 1.165) is 28.7 Å². The summed E-state index contributed by atoms with van der Waals surface area (Å²) in [4.78, 5) is 0. The van der Waals surface area contributed by atoms with Crippen LogP contribution in [0, 0.1) is 0 Å². The van der Waals surface area contributed by atoms with Crippen LogP contribution in [0.2, 0.25) is 5.02 Å². The maximum Gasteiger partial charge on any atom is 0.0738 e. The molecule has 5 heteroatoms. The molecule has 1 aromatic carbocycles. The Kier molecular flexibility index (Phi) is 4.43. The van der Waals surface area contributed by atoms with Crippen LogP contribution in [-0.2, 0) is 6.54 Å². The first-order valence-corrected chi connectivity index (χ1v) is 7.02. The minimum Gasteiger partial charge on any atom is -0.319 e. The second-order valence-electron chi connectivity index (χ2n) is 4.13. The van der Waals surface area contributed by atoms with Gasteiger partial charge in [-0.2, -0.15) is 5.10 Å². The predicted molar refractivity (Wildman–Crippen MR) is 77.7 cm³/mol. The number of nitrogens with zero attached hydrogens (tertiary/aromatic N) is 2. The Morgan fingerprint density at radius 2 is 2.06 bits per heavy atom. The van der Waals surface area contributed by atoms with Crippen molar-refractivity contribution in [1.29, 1.82) is 0 Å². The molecule has 0 radical (unpaired) electrons. The van der Waals surface area contributed by atoms with E-state index >= 15 is 0 Å². The summed E-state index contributed by atoms with van der Waals surface area (Å²) < 4.78 is 2.89. The van der Waals surface area contributed by atoms with Crippen molar-refractivity contribution < 1.29 is 0 Å². The highest BCUT2D eigenvalue weighted by atomic mass is 79.9. The first kappa shape index (κ1) is 13.6. The van der Waals surface area contributed by atoms with Crippen LogP contribution in [0.15, 0.2) is 34.9 Å². The van der Waals surface area contributed by atoms with E-state index in [1.807, 2.05) is 28.9 Å². The Hall–Kier alpha value is -0.840. The van der Waals surface area contributed by atoms with Gasteiger partial charge in [-0.15, -0.1) is 0 Å². The summed E-state index contributed by atoms with van der Waals surface area (Å²) in [5.41, 5.74) is 8.33. The quantitative estimate of drug-likeness (QED) is 0.928. The lowest BCUT2D eigenvalue weighted by Gasteiger charge is -2.15. The molecule has 0 amide bonds. The SMILES string of the molecule is CCCn1ncc(Br)c1C(N)c1ccc(Cl)cc1. The molecule has 0 bridgehead atoms. The summed E-state index contributed by atoms with van der Waals surface area (Å²) >= 11 is 9.40. The van der Waals surface area contributed by atoms with E-state index in [1.54, 1.807) is 6.20 Å². The van der Waals surface area contributed by atoms with Crippen LogP contribution in [0.5, 0.6) is 0 Å². The van der Waals surface area contributed by atoms with Gasteiger partial charge in [0.1, 0.15) is 0 Å². The molecular weight excluding hydrogens is 314 g/mol. The van der Waals surface area contributed by atoms with Gasteiger partial charge in [-0.1, -0.05) is 30.7 Å². The summed E-state index contributed by atoms with van der Waals surface area (Å²) in [6.45, 7) is 2.98. The zero-order valence-electron chi connectivity index (χ0n) is 10.1. The molecule has 1 aromatic heterocycles. The second-order valence-corrected chi connectivity index (χ2v) is 5.42. The number of halogens is 2. The van der Waals surface area contributed by atoms with Crippen molar-refractivity contribution in [1.82, 2.24) is 9.78 Å². The number of benzene rings is 1. The van der Waals surface area contributed by atoms with Gasteiger partial charge < -0.3 is 5.73 Å². The van der Waals surface area contributed by atoms with Crippen molar-refractivity contribution in [3.63, 3.8) is 0 Å². The zero-order valence-corrected chi connectivity index (χ0v) is 12.4. The number of nitrogens with two attached hydrogens (primary N) is 1. The standard InChI is InChI=1S/C13H15BrClN3/c1-2-7-18-13(11(14)8-17-18)12(16)9-3-5-10(15)6-4-9/h3-6,8,12H,2,7,16H2,1H3. The Morgan fingerprint density at radius 3 is 2.67 bits per heavy atom. The van der Waals surface area contributed by atoms with Crippen molar-refractivity contribution in [2.24, 2.45) is 5.73 Å². The molecule has 0 saturated heterocycles. The van der Waals surface area contributed by atoms with Crippen molar-refractivity contribution >= 4 is 27.5 Å². The molecule has 1 atom stereocenters. The normalized spacial score (nSPS) is 12.7. The Bertz CT molecular complexity index is 522. The molecule has 96 valence electrons. The summed E-state index contributed by atoms with van der Waals surface area (Å²) in [6.07, 6.45) is 2.81. The molecule has 1 heterocycles. The van der Waals surface area contributed by atoms with Crippen LogP contribution in [0.3, 0.4) is 0 Å². The molecule has 18 heavy (non-hydrogen) atoms. The lowest BCUT2D eigenvalue weighted by atomic mass is 10.0. The maximum atomic E-state index is 6.31. The van der Waals surface area contributed by atoms with E-state index < -0.39 is 0 Å². The third kappa shape index (κ3) is 2.76. The first-order chi connectivity index (χ1) is 8.63. The van der Waals surface area contributed by atoms with Crippen LogP contribution in [0.25, 0.3) is 0 Å². The average molecular weight is 329 g/mol. The predicted octanol–water partition coefficient (Wildman–Crippen LogP) is 3.76. The van der Waals surface area contributed by atoms with Gasteiger partial charge in [0.15, 0.2) is 0 Å². The molecular formula is C13H15BrClN3. The van der Waals surface area contributed by atoms with Gasteiger partial charge >= 0.3 is 0 Å². The molecule has 2 rings (SSSR count). The molecule has 0 saturated carbocycles. The van der Waals surface area contributed by atoms with E-state index in [0.29, 0.717) is 5.02 Å². The molecule has 2 aromatic rings. The van der Waals surface area contributed by atoms with Gasteiger partial charge in [0.05, 0.1) is 22.4 Å². The van der Waals surface area contributed by atoms with Crippen molar-refractivity contribution in [3.8, 4) is 0 Å². The van der Waals surface area contributed by atoms with E-state index in [2.05, 4.69) is 28.0 Å². The van der Waals surface area contributed by atoms with Crippen LogP contribution in [0.1, 0.15) is 30.6 Å². The fraction of sp³-hybridized carbons (Fsp3) is 0.308. The summed E-state index contributed by atoms with van der Waals surface area (Å²) in [5, 5.41) is 5.05. The highest BCUT2D eigenvalue weighted by Crippen LogP contribution is 2.27. The van der Waals surface area contributed by atoms with Crippen molar-refractivity contribution in [3.05, 3.63) is 51.2 Å². The minimum atomic E-state index is -0.203. The van der Waals surface area contributed by atoms with Crippen molar-refractivity contribution in [2.75, 3.05) is 0 Å². The first-order valence-electron chi connectivity index (χ1n) is 5.85. The van der Waals surface area contributed by atoms with Gasteiger partial charge in [-0.05, 0) is 40.0 Å². The molecule has 3 nitrogen and oxygen atoms in total. The fourth-order valence-corrected chi connectivity index (χ4v) is 2.57. The number of hydrogen-bond acceptors (Lipinski definition) is 2. The van der Waals surface area contributed by atoms with Gasteiger partial charge in [0.2, 0.25) is 0 Å². The topological polar surface area (TPSA) is 43.8 Å². The summed E-state index contributed by atoms with van der Waals surface area (Å²) in [7, 11) is 0. The molecule has 0 aliphatic carbocycles. The number of rotatable bonds is 4. The Morgan fingerprint density at radius 1 is 1.39 bits per heavy atom. The van der Waals surface area contributed by atoms with E-state index in [1.165, 1.54) is 0 Å². The molecule has 0 aliphatic heterocycles. The monoisotopic (exact) mass is 327 g/mol. The van der Waals surface area contributed by atoms with Gasteiger partial charge in [0, 0.05) is 11.6 Å². The Balaban J connectivity index is 2.35. The summed E-state index contributed by atoms with van der Waals surface area (Å²) in [5.74, 6) is 0. The maximum absolute atomic E-state index is 6.31. The third-order valence-corrected chi connectivity index (χ3v) is 3.66. The number of hydrogen-bond donors (Lipinski definition) is 1. The largest absolute Gasteiger partial charge is 0.319 e. The molecule has 0 fully saturated rings. The van der Waals surface area contributed by atoms with Crippen LogP contribution in [0.4, 0.5) is 0 Å². The van der Waals surface area contributed by atoms with Gasteiger partial charge in [0.25, 0.3) is 0 Å². The molecule has 0 aliphatic rings. The average Bonchev–Trinajstić information content (AvgIpc) is 2.71. The smallest absolute Gasteiger partial charge is 0.0738 e. The molecule has 2 N–H and O–H groups in total. The lowest BCUT2D eigenvalue weighted by molar-refractivity contribution is 0.559. The Labute approximate surface area is 120 Å². The number of aryl methyl sites for hydroxylation is 1. The van der Waals surface area contributed by atoms with Crippen LogP contribution < -0.4 is 5.73 Å². The fourth-order valence-electron chi connectivity index (χ4n) is 1.90. The van der Waals surface area contributed by atoms with Gasteiger partial charge in [-0.25, -0.2) is 0 Å². The number of aromatic nitrogens is 2. The lowest BCUT2D eigenvalue weighted by Crippen LogP contribution is -2.18. The van der Waals surface area contributed by atoms with Crippen molar-refractivity contribution in [2.45, 2.75) is 25.9 Å². The third-order valence-electron chi connectivity index (χ3n) is 2.79. The van der Waals surface area contributed by atoms with E-state index in [-0.39, 0.29) is 6.04 Å². The van der Waals surface area contributed by atoms with Gasteiger partial charge in [-0.3, -0.25) is 4.68 Å². The molecule has 1 unspecified atom stereocenters. The van der Waals surface area contributed by atoms with E-state index in [9.17, 15) is 0 Å².